The van der Waals surface area contributed by atoms with Crippen LogP contribution in [0.5, 0.6) is 0 Å². The molecule has 1 heterocycles. The van der Waals surface area contributed by atoms with Crippen LogP contribution < -0.4 is 10.0 Å². The van der Waals surface area contributed by atoms with E-state index < -0.39 is 17.7 Å². The van der Waals surface area contributed by atoms with Crippen LogP contribution in [0.1, 0.15) is 67.2 Å². The van der Waals surface area contributed by atoms with E-state index in [1.54, 1.807) is 18.2 Å². The first kappa shape index (κ1) is 29.0. The lowest BCUT2D eigenvalue weighted by molar-refractivity contribution is 0.0525. The Hall–Kier alpha value is -3.59. The molecular formula is C29H36N4O4S. The van der Waals surface area contributed by atoms with E-state index in [4.69, 9.17) is 19.4 Å². The van der Waals surface area contributed by atoms with Crippen LogP contribution in [0, 0.1) is 13.8 Å². The van der Waals surface area contributed by atoms with Gasteiger partial charge in [-0.3, -0.25) is 4.72 Å². The summed E-state index contributed by atoms with van der Waals surface area (Å²) in [6, 6.07) is 15.3. The summed E-state index contributed by atoms with van der Waals surface area (Å²) in [6.45, 7) is 12.2. The number of methoxy groups -OCH3 is 1. The monoisotopic (exact) mass is 536 g/mol. The maximum atomic E-state index is 12.0. The highest BCUT2D eigenvalue weighted by Crippen LogP contribution is 2.30. The highest BCUT2D eigenvalue weighted by atomic mass is 32.2. The number of amides is 1. The van der Waals surface area contributed by atoms with Gasteiger partial charge < -0.3 is 14.8 Å². The summed E-state index contributed by atoms with van der Waals surface area (Å²) in [4.78, 5) is 34.4. The SMILES string of the molecule is COC(=O)c1cccc(SNc2nc(-c3c(C)cccc3C)cc(C(C)CCNC(=O)OC(C)(C)C)n2)c1. The van der Waals surface area contributed by atoms with Crippen molar-refractivity contribution in [1.82, 2.24) is 15.3 Å². The first-order valence-electron chi connectivity index (χ1n) is 12.5. The first-order valence-corrected chi connectivity index (χ1v) is 13.3. The molecule has 202 valence electrons. The molecular weight excluding hydrogens is 500 g/mol. The summed E-state index contributed by atoms with van der Waals surface area (Å²) >= 11 is 1.32. The zero-order valence-corrected chi connectivity index (χ0v) is 23.9. The van der Waals surface area contributed by atoms with Crippen LogP contribution in [-0.2, 0) is 9.47 Å². The summed E-state index contributed by atoms with van der Waals surface area (Å²) in [7, 11) is 1.36. The van der Waals surface area contributed by atoms with Crippen molar-refractivity contribution >= 4 is 30.0 Å². The second-order valence-electron chi connectivity index (χ2n) is 10.1. The highest BCUT2D eigenvalue weighted by molar-refractivity contribution is 8.00. The van der Waals surface area contributed by atoms with E-state index in [1.807, 2.05) is 39.0 Å². The topological polar surface area (TPSA) is 102 Å². The lowest BCUT2D eigenvalue weighted by Gasteiger charge is -2.20. The number of rotatable bonds is 9. The van der Waals surface area contributed by atoms with Gasteiger partial charge in [0.05, 0.1) is 18.4 Å². The van der Waals surface area contributed by atoms with Crippen molar-refractivity contribution in [2.24, 2.45) is 0 Å². The Morgan fingerprint density at radius 2 is 1.71 bits per heavy atom. The Bertz CT molecular complexity index is 1270. The maximum Gasteiger partial charge on any atom is 0.407 e. The molecule has 1 aromatic heterocycles. The normalized spacial score (nSPS) is 12.0. The van der Waals surface area contributed by atoms with Gasteiger partial charge in [-0.1, -0.05) is 31.2 Å². The highest BCUT2D eigenvalue weighted by Gasteiger charge is 2.18. The van der Waals surface area contributed by atoms with E-state index in [-0.39, 0.29) is 5.92 Å². The number of esters is 1. The van der Waals surface area contributed by atoms with Crippen LogP contribution in [0.25, 0.3) is 11.3 Å². The van der Waals surface area contributed by atoms with Gasteiger partial charge >= 0.3 is 12.1 Å². The molecule has 0 bridgehead atoms. The number of carbonyl (C=O) groups is 2. The third kappa shape index (κ3) is 8.21. The summed E-state index contributed by atoms with van der Waals surface area (Å²) in [5, 5.41) is 2.82. The molecule has 1 atom stereocenters. The van der Waals surface area contributed by atoms with Crippen LogP contribution in [0.4, 0.5) is 10.7 Å². The van der Waals surface area contributed by atoms with E-state index in [1.165, 1.54) is 19.1 Å². The smallest absolute Gasteiger partial charge is 0.407 e. The lowest BCUT2D eigenvalue weighted by Crippen LogP contribution is -2.33. The van der Waals surface area contributed by atoms with Gasteiger partial charge in [0.2, 0.25) is 5.95 Å². The van der Waals surface area contributed by atoms with Gasteiger partial charge in [-0.2, -0.15) is 0 Å². The fourth-order valence-corrected chi connectivity index (χ4v) is 4.51. The average molecular weight is 537 g/mol. The zero-order valence-electron chi connectivity index (χ0n) is 23.0. The van der Waals surface area contributed by atoms with Crippen molar-refractivity contribution in [2.45, 2.75) is 64.4 Å². The lowest BCUT2D eigenvalue weighted by atomic mass is 9.97. The standard InChI is InChI=1S/C29H36N4O4S/c1-18(14-15-30-28(35)37-29(4,5)6)23-17-24(25-19(2)10-8-11-20(25)3)32-27(31-23)33-38-22-13-9-12-21(16-22)26(34)36-7/h8-13,16-18H,14-15H2,1-7H3,(H,30,35)(H,31,32,33). The van der Waals surface area contributed by atoms with Gasteiger partial charge in [-0.15, -0.1) is 0 Å². The van der Waals surface area contributed by atoms with Crippen molar-refractivity contribution in [1.29, 1.82) is 0 Å². The minimum Gasteiger partial charge on any atom is -0.465 e. The molecule has 2 N–H and O–H groups in total. The number of benzene rings is 2. The Labute approximate surface area is 229 Å². The number of aromatic nitrogens is 2. The molecule has 3 rings (SSSR count). The van der Waals surface area contributed by atoms with Crippen LogP contribution in [0.2, 0.25) is 0 Å². The summed E-state index contributed by atoms with van der Waals surface area (Å²) in [5.41, 5.74) is 4.92. The first-order chi connectivity index (χ1) is 18.0. The molecule has 38 heavy (non-hydrogen) atoms. The third-order valence-electron chi connectivity index (χ3n) is 5.75. The van der Waals surface area contributed by atoms with Crippen molar-refractivity contribution in [2.75, 3.05) is 18.4 Å². The van der Waals surface area contributed by atoms with Gasteiger partial charge in [0.25, 0.3) is 0 Å². The number of carbonyl (C=O) groups excluding carboxylic acids is 2. The van der Waals surface area contributed by atoms with Gasteiger partial charge in [-0.05, 0) is 88.4 Å². The Morgan fingerprint density at radius 3 is 2.37 bits per heavy atom. The minimum atomic E-state index is -0.544. The molecule has 1 amide bonds. The molecule has 0 aliphatic carbocycles. The Balaban J connectivity index is 1.84. The molecule has 9 heteroatoms. The number of aryl methyl sites for hydroxylation is 2. The number of nitrogens with one attached hydrogen (secondary N) is 2. The predicted molar refractivity (Wildman–Crippen MR) is 151 cm³/mol. The quantitative estimate of drug-likeness (QED) is 0.230. The summed E-state index contributed by atoms with van der Waals surface area (Å²) in [5.74, 6) is 0.113. The minimum absolute atomic E-state index is 0.0456. The molecule has 0 fully saturated rings. The number of alkyl carbamates (subject to hydrolysis) is 1. The molecule has 3 aromatic rings. The molecule has 0 radical (unpaired) electrons. The van der Waals surface area contributed by atoms with Crippen molar-refractivity contribution in [3.8, 4) is 11.3 Å². The molecule has 1 unspecified atom stereocenters. The van der Waals surface area contributed by atoms with Gasteiger partial charge in [0, 0.05) is 28.6 Å². The Kier molecular flexibility index (Phi) is 9.74. The molecule has 0 saturated carbocycles. The number of hydrogen-bond acceptors (Lipinski definition) is 8. The van der Waals surface area contributed by atoms with Crippen molar-refractivity contribution in [3.05, 3.63) is 70.9 Å². The van der Waals surface area contributed by atoms with Crippen LogP contribution in [0.15, 0.2) is 53.4 Å². The fraction of sp³-hybridized carbons (Fsp3) is 0.379. The second kappa shape index (κ2) is 12.8. The van der Waals surface area contributed by atoms with E-state index in [0.29, 0.717) is 24.5 Å². The van der Waals surface area contributed by atoms with Gasteiger partial charge in [0.15, 0.2) is 0 Å². The van der Waals surface area contributed by atoms with E-state index in [2.05, 4.69) is 42.9 Å². The predicted octanol–water partition coefficient (Wildman–Crippen LogP) is 6.68. The molecule has 8 nitrogen and oxygen atoms in total. The van der Waals surface area contributed by atoms with E-state index >= 15 is 0 Å². The number of nitrogens with zero attached hydrogens (tertiary/aromatic N) is 2. The largest absolute Gasteiger partial charge is 0.465 e. The molecule has 0 aliphatic heterocycles. The van der Waals surface area contributed by atoms with Crippen LogP contribution in [-0.4, -0.2) is 41.3 Å². The average Bonchev–Trinajstić information content (AvgIpc) is 2.86. The number of anilines is 1. The van der Waals surface area contributed by atoms with Gasteiger partial charge in [0.1, 0.15) is 5.60 Å². The Morgan fingerprint density at radius 1 is 1.03 bits per heavy atom. The van der Waals surface area contributed by atoms with E-state index in [9.17, 15) is 9.59 Å². The number of hydrogen-bond donors (Lipinski definition) is 2. The molecule has 0 aliphatic rings. The van der Waals surface area contributed by atoms with Gasteiger partial charge in [-0.25, -0.2) is 19.6 Å². The third-order valence-corrected chi connectivity index (χ3v) is 6.52. The summed E-state index contributed by atoms with van der Waals surface area (Å²) < 4.78 is 13.4. The molecule has 2 aromatic carbocycles. The summed E-state index contributed by atoms with van der Waals surface area (Å²) in [6.07, 6.45) is 0.243. The van der Waals surface area contributed by atoms with Crippen molar-refractivity contribution < 1.29 is 19.1 Å². The van der Waals surface area contributed by atoms with E-state index in [0.717, 1.165) is 33.0 Å². The maximum absolute atomic E-state index is 12.0. The second-order valence-corrected chi connectivity index (χ2v) is 11.0. The van der Waals surface area contributed by atoms with Crippen molar-refractivity contribution in [3.63, 3.8) is 0 Å². The zero-order chi connectivity index (χ0) is 27.9. The molecule has 0 spiro atoms. The number of ether oxygens (including phenoxy) is 2. The van der Waals surface area contributed by atoms with Crippen LogP contribution >= 0.6 is 11.9 Å². The fourth-order valence-electron chi connectivity index (χ4n) is 3.87. The molecule has 0 saturated heterocycles. The van der Waals surface area contributed by atoms with Crippen LogP contribution in [0.3, 0.4) is 0 Å².